The fourth-order valence-electron chi connectivity index (χ4n) is 4.34. The minimum Gasteiger partial charge on any atom is -0.379 e. The Labute approximate surface area is 293 Å². The zero-order chi connectivity index (χ0) is 37.5. The molecule has 0 fully saturated rings. The molecule has 16 heteroatoms. The Kier molecular flexibility index (Phi) is 23.7. The molecule has 2 atom stereocenters. The van der Waals surface area contributed by atoms with Crippen LogP contribution >= 0.6 is 0 Å². The third-order valence-electron chi connectivity index (χ3n) is 6.90. The van der Waals surface area contributed by atoms with Crippen LogP contribution < -0.4 is 21.3 Å². The molecule has 0 rings (SSSR count). The van der Waals surface area contributed by atoms with Gasteiger partial charge >= 0.3 is 0 Å². The summed E-state index contributed by atoms with van der Waals surface area (Å²) in [7, 11) is -4.10. The molecule has 0 aliphatic rings. The highest BCUT2D eigenvalue weighted by Crippen LogP contribution is 2.20. The van der Waals surface area contributed by atoms with Gasteiger partial charge in [-0.15, -0.1) is 0 Å². The summed E-state index contributed by atoms with van der Waals surface area (Å²) in [5.74, 6) is -1.18. The number of hydrogen-bond acceptors (Lipinski definition) is 11. The van der Waals surface area contributed by atoms with Crippen LogP contribution in [0.15, 0.2) is 0 Å². The largest absolute Gasteiger partial charge is 0.379 e. The van der Waals surface area contributed by atoms with E-state index in [2.05, 4.69) is 21.3 Å². The zero-order valence-corrected chi connectivity index (χ0v) is 31.8. The van der Waals surface area contributed by atoms with Gasteiger partial charge in [-0.1, -0.05) is 34.6 Å². The van der Waals surface area contributed by atoms with Crippen LogP contribution in [0.2, 0.25) is 0 Å². The summed E-state index contributed by atoms with van der Waals surface area (Å²) in [6.07, 6.45) is 2.11. The van der Waals surface area contributed by atoms with Crippen LogP contribution in [0.5, 0.6) is 0 Å². The first-order valence-electron chi connectivity index (χ1n) is 17.1. The molecule has 15 nitrogen and oxygen atoms in total. The molecule has 0 aromatic heterocycles. The van der Waals surface area contributed by atoms with Crippen molar-refractivity contribution in [1.29, 1.82) is 0 Å². The lowest BCUT2D eigenvalue weighted by atomic mass is 9.84. The molecule has 0 aliphatic heterocycles. The summed E-state index contributed by atoms with van der Waals surface area (Å²) >= 11 is 0. The summed E-state index contributed by atoms with van der Waals surface area (Å²) in [4.78, 5) is 50.0. The summed E-state index contributed by atoms with van der Waals surface area (Å²) in [6, 6.07) is -1.02. The van der Waals surface area contributed by atoms with E-state index in [0.29, 0.717) is 58.8 Å². The first-order valence-corrected chi connectivity index (χ1v) is 18.8. The summed E-state index contributed by atoms with van der Waals surface area (Å²) in [5, 5.41) is 11.6. The fourth-order valence-corrected chi connectivity index (χ4v) is 4.70. The lowest BCUT2D eigenvalue weighted by Gasteiger charge is -2.32. The molecule has 0 bridgehead atoms. The van der Waals surface area contributed by atoms with Crippen molar-refractivity contribution in [3.8, 4) is 0 Å². The van der Waals surface area contributed by atoms with E-state index in [9.17, 15) is 27.6 Å². The van der Waals surface area contributed by atoms with Gasteiger partial charge in [0.25, 0.3) is 10.1 Å². The molecule has 0 heterocycles. The van der Waals surface area contributed by atoms with Crippen LogP contribution in [-0.4, -0.2) is 126 Å². The van der Waals surface area contributed by atoms with Crippen molar-refractivity contribution in [3.63, 3.8) is 0 Å². The monoisotopic (exact) mass is 724 g/mol. The molecule has 0 unspecified atom stereocenters. The Morgan fingerprint density at radius 1 is 0.694 bits per heavy atom. The standard InChI is InChI=1S/C33H64N4O11S/c1-25(2)29(37-33(6,7)8)31(41)36-26(30(40)32(3,4)5)11-9-10-14-34-27(38)12-16-45-18-20-47-22-23-48-21-19-46-17-13-28(39)35-15-24-49(42,43)44/h25-26,29,37H,9-24H2,1-8H3,(H,34,38)(H,35,39)(H,36,41)(H,42,43,44)/t26-,29-/m0/s1. The molecule has 0 aromatic carbocycles. The molecule has 0 radical (unpaired) electrons. The number of ketones is 1. The van der Waals surface area contributed by atoms with Crippen molar-refractivity contribution in [2.45, 2.75) is 105 Å². The molecule has 0 saturated heterocycles. The van der Waals surface area contributed by atoms with E-state index in [4.69, 9.17) is 23.5 Å². The second kappa shape index (κ2) is 24.9. The number of hydrogen-bond donors (Lipinski definition) is 5. The lowest BCUT2D eigenvalue weighted by Crippen LogP contribution is -2.57. The maximum Gasteiger partial charge on any atom is 0.266 e. The number of amides is 3. The maximum atomic E-state index is 13.2. The lowest BCUT2D eigenvalue weighted by molar-refractivity contribution is -0.134. The van der Waals surface area contributed by atoms with Gasteiger partial charge in [0.15, 0.2) is 5.78 Å². The second-order valence-corrected chi connectivity index (χ2v) is 15.8. The predicted molar refractivity (Wildman–Crippen MR) is 187 cm³/mol. The van der Waals surface area contributed by atoms with Gasteiger partial charge in [0.05, 0.1) is 70.7 Å². The second-order valence-electron chi connectivity index (χ2n) is 14.2. The van der Waals surface area contributed by atoms with Crippen molar-refractivity contribution in [3.05, 3.63) is 0 Å². The van der Waals surface area contributed by atoms with Crippen molar-refractivity contribution >= 4 is 33.6 Å². The number of Topliss-reactive ketones (excluding diaryl/α,β-unsaturated/α-hetero) is 1. The number of carbonyl (C=O) groups is 4. The van der Waals surface area contributed by atoms with E-state index < -0.39 is 33.4 Å². The van der Waals surface area contributed by atoms with Crippen molar-refractivity contribution < 1.29 is 51.1 Å². The van der Waals surface area contributed by atoms with Gasteiger partial charge in [-0.2, -0.15) is 8.42 Å². The van der Waals surface area contributed by atoms with Gasteiger partial charge in [0.2, 0.25) is 17.7 Å². The summed E-state index contributed by atoms with van der Waals surface area (Å²) in [5.41, 5.74) is -0.856. The highest BCUT2D eigenvalue weighted by atomic mass is 32.2. The Hall–Kier alpha value is -2.21. The normalized spacial score (nSPS) is 13.6. The van der Waals surface area contributed by atoms with Crippen molar-refractivity contribution in [1.82, 2.24) is 21.3 Å². The molecular formula is C33H64N4O11S. The number of unbranched alkanes of at least 4 members (excludes halogenated alkanes) is 1. The average molecular weight is 725 g/mol. The van der Waals surface area contributed by atoms with Crippen LogP contribution in [0.4, 0.5) is 0 Å². The quantitative estimate of drug-likeness (QED) is 0.0577. The number of ether oxygens (including phenoxy) is 4. The molecular weight excluding hydrogens is 660 g/mol. The third kappa shape index (κ3) is 27.2. The van der Waals surface area contributed by atoms with Crippen molar-refractivity contribution in [2.75, 3.05) is 71.7 Å². The van der Waals surface area contributed by atoms with Crippen LogP contribution in [0.1, 0.15) is 87.5 Å². The van der Waals surface area contributed by atoms with E-state index >= 15 is 0 Å². The smallest absolute Gasteiger partial charge is 0.266 e. The molecule has 0 saturated carbocycles. The Balaban J connectivity index is 4.00. The Bertz CT molecular complexity index is 1070. The van der Waals surface area contributed by atoms with Gasteiger partial charge < -0.3 is 40.2 Å². The minimum atomic E-state index is -4.10. The van der Waals surface area contributed by atoms with Crippen molar-refractivity contribution in [2.24, 2.45) is 11.3 Å². The predicted octanol–water partition coefficient (Wildman–Crippen LogP) is 1.64. The van der Waals surface area contributed by atoms with E-state index in [0.717, 1.165) is 0 Å². The van der Waals surface area contributed by atoms with Gasteiger partial charge in [0.1, 0.15) is 0 Å². The van der Waals surface area contributed by atoms with Crippen LogP contribution in [0, 0.1) is 11.3 Å². The Morgan fingerprint density at radius 2 is 1.14 bits per heavy atom. The van der Waals surface area contributed by atoms with Gasteiger partial charge in [0, 0.05) is 36.9 Å². The fraction of sp³-hybridized carbons (Fsp3) is 0.879. The summed E-state index contributed by atoms with van der Waals surface area (Å²) in [6.45, 7) is 18.2. The topological polar surface area (TPSA) is 208 Å². The average Bonchev–Trinajstić information content (AvgIpc) is 2.97. The molecule has 0 aromatic rings. The molecule has 288 valence electrons. The van der Waals surface area contributed by atoms with E-state index in [1.807, 2.05) is 55.4 Å². The minimum absolute atomic E-state index is 0.0149. The van der Waals surface area contributed by atoms with E-state index in [-0.39, 0.29) is 74.2 Å². The van der Waals surface area contributed by atoms with Gasteiger partial charge in [-0.25, -0.2) is 0 Å². The molecule has 5 N–H and O–H groups in total. The molecule has 0 spiro atoms. The molecule has 3 amide bonds. The molecule has 49 heavy (non-hydrogen) atoms. The van der Waals surface area contributed by atoms with Gasteiger partial charge in [-0.05, 0) is 46.0 Å². The first-order chi connectivity index (χ1) is 22.7. The SMILES string of the molecule is CC(C)[C@H](NC(C)(C)C)C(=O)N[C@@H](CCCCNC(=O)CCOCCOCCOCCOCCC(=O)NCCS(=O)(=O)O)C(=O)C(C)(C)C. The maximum absolute atomic E-state index is 13.2. The summed E-state index contributed by atoms with van der Waals surface area (Å²) < 4.78 is 51.3. The van der Waals surface area contributed by atoms with E-state index in [1.165, 1.54) is 0 Å². The van der Waals surface area contributed by atoms with E-state index in [1.54, 1.807) is 0 Å². The Morgan fingerprint density at radius 3 is 1.55 bits per heavy atom. The highest BCUT2D eigenvalue weighted by Gasteiger charge is 2.33. The molecule has 0 aliphatic carbocycles. The van der Waals surface area contributed by atoms with Crippen LogP contribution in [-0.2, 0) is 48.2 Å². The van der Waals surface area contributed by atoms with Gasteiger partial charge in [-0.3, -0.25) is 23.7 Å². The van der Waals surface area contributed by atoms with Crippen LogP contribution in [0.25, 0.3) is 0 Å². The number of carbonyl (C=O) groups excluding carboxylic acids is 4. The highest BCUT2D eigenvalue weighted by molar-refractivity contribution is 7.85. The number of rotatable bonds is 28. The van der Waals surface area contributed by atoms with Crippen LogP contribution in [0.3, 0.4) is 0 Å². The first kappa shape index (κ1) is 46.8. The number of nitrogens with one attached hydrogen (secondary N) is 4. The zero-order valence-electron chi connectivity index (χ0n) is 31.0. The third-order valence-corrected chi connectivity index (χ3v) is 7.62.